The highest BCUT2D eigenvalue weighted by Gasteiger charge is 2.21. The normalized spacial score (nSPS) is 18.2. The van der Waals surface area contributed by atoms with Gasteiger partial charge in [-0.3, -0.25) is 0 Å². The molecule has 23 heavy (non-hydrogen) atoms. The van der Waals surface area contributed by atoms with E-state index in [1.165, 1.54) is 38.0 Å². The van der Waals surface area contributed by atoms with Crippen molar-refractivity contribution in [2.75, 3.05) is 19.6 Å². The topological polar surface area (TPSA) is 28.4 Å². The van der Waals surface area contributed by atoms with Crippen molar-refractivity contribution in [2.45, 2.75) is 45.2 Å². The maximum absolute atomic E-state index is 5.72. The van der Waals surface area contributed by atoms with E-state index in [0.717, 1.165) is 17.9 Å². The SMILES string of the molecule is Cc1ccc(C(C)NC2CCN(CCc3ccccc3)CC2)o1. The van der Waals surface area contributed by atoms with Crippen molar-refractivity contribution in [2.24, 2.45) is 0 Å². The van der Waals surface area contributed by atoms with E-state index < -0.39 is 0 Å². The van der Waals surface area contributed by atoms with Crippen LogP contribution in [0.3, 0.4) is 0 Å². The minimum absolute atomic E-state index is 0.296. The Morgan fingerprint density at radius 1 is 1.13 bits per heavy atom. The van der Waals surface area contributed by atoms with Crippen LogP contribution in [0.15, 0.2) is 46.9 Å². The van der Waals surface area contributed by atoms with E-state index in [1.807, 2.05) is 13.0 Å². The van der Waals surface area contributed by atoms with Crippen LogP contribution in [0.25, 0.3) is 0 Å². The Balaban J connectivity index is 1.40. The number of rotatable bonds is 6. The van der Waals surface area contributed by atoms with E-state index in [2.05, 4.69) is 53.5 Å². The summed E-state index contributed by atoms with van der Waals surface area (Å²) in [5.74, 6) is 2.04. The van der Waals surface area contributed by atoms with Crippen LogP contribution in [-0.4, -0.2) is 30.6 Å². The van der Waals surface area contributed by atoms with Crippen molar-refractivity contribution in [3.8, 4) is 0 Å². The molecule has 1 unspecified atom stereocenters. The molecule has 1 saturated heterocycles. The highest BCUT2D eigenvalue weighted by Crippen LogP contribution is 2.19. The lowest BCUT2D eigenvalue weighted by Crippen LogP contribution is -2.43. The molecular weight excluding hydrogens is 284 g/mol. The Bertz CT molecular complexity index is 585. The molecule has 1 aliphatic rings. The third kappa shape index (κ3) is 4.69. The molecule has 3 nitrogen and oxygen atoms in total. The van der Waals surface area contributed by atoms with Crippen molar-refractivity contribution in [1.29, 1.82) is 0 Å². The van der Waals surface area contributed by atoms with Gasteiger partial charge in [0.1, 0.15) is 11.5 Å². The summed E-state index contributed by atoms with van der Waals surface area (Å²) >= 11 is 0. The molecule has 1 N–H and O–H groups in total. The number of hydrogen-bond donors (Lipinski definition) is 1. The van der Waals surface area contributed by atoms with Gasteiger partial charge in [0.25, 0.3) is 0 Å². The first kappa shape index (κ1) is 16.3. The van der Waals surface area contributed by atoms with Crippen LogP contribution in [-0.2, 0) is 6.42 Å². The van der Waals surface area contributed by atoms with Gasteiger partial charge >= 0.3 is 0 Å². The Labute approximate surface area is 139 Å². The molecule has 0 bridgehead atoms. The first-order valence-corrected chi connectivity index (χ1v) is 8.79. The third-order valence-corrected chi connectivity index (χ3v) is 4.82. The zero-order valence-electron chi connectivity index (χ0n) is 14.3. The van der Waals surface area contributed by atoms with Gasteiger partial charge in [-0.25, -0.2) is 0 Å². The van der Waals surface area contributed by atoms with E-state index >= 15 is 0 Å². The predicted octanol–water partition coefficient (Wildman–Crippen LogP) is 3.95. The maximum atomic E-state index is 5.72. The van der Waals surface area contributed by atoms with Gasteiger partial charge in [0, 0.05) is 12.6 Å². The summed E-state index contributed by atoms with van der Waals surface area (Å²) in [4.78, 5) is 2.59. The van der Waals surface area contributed by atoms with Gasteiger partial charge in [-0.05, 0) is 63.9 Å². The Morgan fingerprint density at radius 3 is 2.52 bits per heavy atom. The second-order valence-electron chi connectivity index (χ2n) is 6.69. The van der Waals surface area contributed by atoms with Crippen molar-refractivity contribution >= 4 is 0 Å². The zero-order valence-corrected chi connectivity index (χ0v) is 14.3. The summed E-state index contributed by atoms with van der Waals surface area (Å²) in [5, 5.41) is 3.72. The van der Waals surface area contributed by atoms with Gasteiger partial charge in [-0.2, -0.15) is 0 Å². The monoisotopic (exact) mass is 312 g/mol. The number of nitrogens with one attached hydrogen (secondary N) is 1. The van der Waals surface area contributed by atoms with E-state index in [4.69, 9.17) is 4.42 Å². The molecule has 3 heteroatoms. The van der Waals surface area contributed by atoms with E-state index in [0.29, 0.717) is 12.1 Å². The number of likely N-dealkylation sites (tertiary alicyclic amines) is 1. The second kappa shape index (κ2) is 7.80. The van der Waals surface area contributed by atoms with E-state index in [1.54, 1.807) is 0 Å². The highest BCUT2D eigenvalue weighted by molar-refractivity contribution is 5.15. The molecule has 0 aliphatic carbocycles. The summed E-state index contributed by atoms with van der Waals surface area (Å²) < 4.78 is 5.72. The fourth-order valence-corrected chi connectivity index (χ4v) is 3.38. The molecule has 0 amide bonds. The average molecular weight is 312 g/mol. The van der Waals surface area contributed by atoms with Crippen LogP contribution >= 0.6 is 0 Å². The number of nitrogens with zero attached hydrogens (tertiary/aromatic N) is 1. The Morgan fingerprint density at radius 2 is 1.87 bits per heavy atom. The lowest BCUT2D eigenvalue weighted by molar-refractivity contribution is 0.191. The summed E-state index contributed by atoms with van der Waals surface area (Å²) in [6.45, 7) is 7.74. The van der Waals surface area contributed by atoms with Gasteiger partial charge in [-0.1, -0.05) is 30.3 Å². The highest BCUT2D eigenvalue weighted by atomic mass is 16.3. The zero-order chi connectivity index (χ0) is 16.1. The molecule has 1 aliphatic heterocycles. The minimum atomic E-state index is 0.296. The van der Waals surface area contributed by atoms with Crippen molar-refractivity contribution in [3.05, 3.63) is 59.5 Å². The summed E-state index contributed by atoms with van der Waals surface area (Å²) in [7, 11) is 0. The number of benzene rings is 1. The van der Waals surface area contributed by atoms with Gasteiger partial charge in [0.2, 0.25) is 0 Å². The molecule has 2 aromatic rings. The van der Waals surface area contributed by atoms with Crippen LogP contribution in [0.5, 0.6) is 0 Å². The van der Waals surface area contributed by atoms with Gasteiger partial charge in [0.05, 0.1) is 6.04 Å². The van der Waals surface area contributed by atoms with Gasteiger partial charge in [-0.15, -0.1) is 0 Å². The Kier molecular flexibility index (Phi) is 5.52. The fraction of sp³-hybridized carbons (Fsp3) is 0.500. The van der Waals surface area contributed by atoms with Crippen molar-refractivity contribution in [1.82, 2.24) is 10.2 Å². The molecule has 3 rings (SSSR count). The van der Waals surface area contributed by atoms with Crippen LogP contribution < -0.4 is 5.32 Å². The summed E-state index contributed by atoms with van der Waals surface area (Å²) in [6, 6.07) is 15.8. The van der Waals surface area contributed by atoms with E-state index in [9.17, 15) is 0 Å². The molecule has 2 heterocycles. The smallest absolute Gasteiger partial charge is 0.120 e. The fourth-order valence-electron chi connectivity index (χ4n) is 3.38. The lowest BCUT2D eigenvalue weighted by atomic mass is 10.0. The predicted molar refractivity (Wildman–Crippen MR) is 94.6 cm³/mol. The molecule has 0 spiro atoms. The van der Waals surface area contributed by atoms with Crippen LogP contribution in [0.4, 0.5) is 0 Å². The molecule has 0 radical (unpaired) electrons. The quantitative estimate of drug-likeness (QED) is 0.875. The first-order valence-electron chi connectivity index (χ1n) is 8.79. The molecule has 1 fully saturated rings. The van der Waals surface area contributed by atoms with Gasteiger partial charge < -0.3 is 14.6 Å². The number of hydrogen-bond acceptors (Lipinski definition) is 3. The molecule has 124 valence electrons. The van der Waals surface area contributed by atoms with Gasteiger partial charge in [0.15, 0.2) is 0 Å². The Hall–Kier alpha value is -1.58. The molecule has 1 atom stereocenters. The van der Waals surface area contributed by atoms with Crippen LogP contribution in [0.1, 0.15) is 42.9 Å². The molecule has 0 saturated carbocycles. The summed E-state index contributed by atoms with van der Waals surface area (Å²) in [5.41, 5.74) is 1.44. The number of aryl methyl sites for hydroxylation is 1. The molecule has 1 aromatic heterocycles. The first-order chi connectivity index (χ1) is 11.2. The van der Waals surface area contributed by atoms with E-state index in [-0.39, 0.29) is 0 Å². The standard InChI is InChI=1S/C20H28N2O/c1-16-8-9-20(23-16)17(2)21-19-11-14-22(15-12-19)13-10-18-6-4-3-5-7-18/h3-9,17,19,21H,10-15H2,1-2H3. The second-order valence-corrected chi connectivity index (χ2v) is 6.69. The molecule has 1 aromatic carbocycles. The molecular formula is C20H28N2O. The lowest BCUT2D eigenvalue weighted by Gasteiger charge is -2.33. The minimum Gasteiger partial charge on any atom is -0.465 e. The average Bonchev–Trinajstić information content (AvgIpc) is 3.02. The van der Waals surface area contributed by atoms with Crippen LogP contribution in [0.2, 0.25) is 0 Å². The maximum Gasteiger partial charge on any atom is 0.120 e. The number of furan rings is 1. The largest absolute Gasteiger partial charge is 0.465 e. The van der Waals surface area contributed by atoms with Crippen molar-refractivity contribution < 1.29 is 4.42 Å². The number of piperidine rings is 1. The third-order valence-electron chi connectivity index (χ3n) is 4.82. The summed E-state index contributed by atoms with van der Waals surface area (Å²) in [6.07, 6.45) is 3.60. The van der Waals surface area contributed by atoms with Crippen molar-refractivity contribution in [3.63, 3.8) is 0 Å². The van der Waals surface area contributed by atoms with Crippen LogP contribution in [0, 0.1) is 6.92 Å².